The molecule has 36 heavy (non-hydrogen) atoms. The van der Waals surface area contributed by atoms with E-state index in [-0.39, 0.29) is 18.3 Å². The number of nitrogens with zero attached hydrogens (tertiary/aromatic N) is 4. The highest BCUT2D eigenvalue weighted by Crippen LogP contribution is 2.36. The lowest BCUT2D eigenvalue weighted by atomic mass is 9.79. The van der Waals surface area contributed by atoms with E-state index in [1.54, 1.807) is 19.4 Å². The van der Waals surface area contributed by atoms with Crippen molar-refractivity contribution >= 4 is 16.9 Å². The van der Waals surface area contributed by atoms with Gasteiger partial charge in [0.05, 0.1) is 12.6 Å². The van der Waals surface area contributed by atoms with Crippen LogP contribution in [0.5, 0.6) is 5.75 Å². The highest BCUT2D eigenvalue weighted by Gasteiger charge is 2.31. The summed E-state index contributed by atoms with van der Waals surface area (Å²) in [5.41, 5.74) is 1.37. The first-order valence-corrected chi connectivity index (χ1v) is 12.9. The van der Waals surface area contributed by atoms with E-state index in [0.717, 1.165) is 62.0 Å². The Balaban J connectivity index is 1.32. The van der Waals surface area contributed by atoms with Gasteiger partial charge in [-0.15, -0.1) is 0 Å². The van der Waals surface area contributed by atoms with Crippen molar-refractivity contribution in [2.45, 2.75) is 51.1 Å². The van der Waals surface area contributed by atoms with Gasteiger partial charge in [0.25, 0.3) is 0 Å². The van der Waals surface area contributed by atoms with Gasteiger partial charge in [0, 0.05) is 50.4 Å². The molecule has 3 heterocycles. The van der Waals surface area contributed by atoms with Gasteiger partial charge in [-0.25, -0.2) is 9.37 Å². The summed E-state index contributed by atoms with van der Waals surface area (Å²) in [7, 11) is 3.61. The van der Waals surface area contributed by atoms with Gasteiger partial charge in [-0.05, 0) is 86.9 Å². The van der Waals surface area contributed by atoms with Gasteiger partial charge in [-0.2, -0.15) is 0 Å². The average Bonchev–Trinajstić information content (AvgIpc) is 3.29. The molecule has 0 amide bonds. The van der Waals surface area contributed by atoms with Crippen LogP contribution in [0.15, 0.2) is 42.9 Å². The molecule has 0 radical (unpaired) electrons. The van der Waals surface area contributed by atoms with Gasteiger partial charge in [0.15, 0.2) is 0 Å². The van der Waals surface area contributed by atoms with E-state index in [1.165, 1.54) is 0 Å². The zero-order valence-electron chi connectivity index (χ0n) is 21.3. The largest absolute Gasteiger partial charge is 0.497 e. The molecule has 1 unspecified atom stereocenters. The number of piperidine rings is 1. The smallest absolute Gasteiger partial charge is 0.303 e. The predicted molar refractivity (Wildman–Crippen MR) is 138 cm³/mol. The Labute approximate surface area is 212 Å². The fraction of sp³-hybridized carbons (Fsp3) is 0.536. The van der Waals surface area contributed by atoms with Gasteiger partial charge in [-0.3, -0.25) is 9.78 Å². The molecule has 7 nitrogen and oxygen atoms in total. The van der Waals surface area contributed by atoms with Gasteiger partial charge in [-0.1, -0.05) is 0 Å². The zero-order valence-corrected chi connectivity index (χ0v) is 21.3. The second kappa shape index (κ2) is 12.3. The summed E-state index contributed by atoms with van der Waals surface area (Å²) in [6, 6.07) is 7.26. The van der Waals surface area contributed by atoms with E-state index < -0.39 is 12.1 Å². The summed E-state index contributed by atoms with van der Waals surface area (Å²) in [6.07, 6.45) is 9.49. The Morgan fingerprint density at radius 2 is 2.08 bits per heavy atom. The summed E-state index contributed by atoms with van der Waals surface area (Å²) >= 11 is 0. The van der Waals surface area contributed by atoms with Crippen molar-refractivity contribution in [3.8, 4) is 5.75 Å². The van der Waals surface area contributed by atoms with Crippen LogP contribution in [0.2, 0.25) is 0 Å². The lowest BCUT2D eigenvalue weighted by Gasteiger charge is -2.38. The molecule has 8 heteroatoms. The molecule has 3 atom stereocenters. The normalized spacial score (nSPS) is 19.4. The fourth-order valence-electron chi connectivity index (χ4n) is 5.51. The van der Waals surface area contributed by atoms with Crippen molar-refractivity contribution in [2.24, 2.45) is 18.9 Å². The number of hydrogen-bond donors (Lipinski definition) is 1. The van der Waals surface area contributed by atoms with Crippen molar-refractivity contribution in [1.29, 1.82) is 0 Å². The highest BCUT2D eigenvalue weighted by atomic mass is 19.1. The zero-order chi connectivity index (χ0) is 25.5. The first-order chi connectivity index (χ1) is 17.4. The van der Waals surface area contributed by atoms with Gasteiger partial charge >= 0.3 is 5.97 Å². The number of aliphatic carboxylic acids is 1. The van der Waals surface area contributed by atoms with Crippen LogP contribution in [-0.4, -0.2) is 57.3 Å². The number of carboxylic acid groups (broad SMARTS) is 1. The Kier molecular flexibility index (Phi) is 8.91. The number of methoxy groups -OCH3 is 1. The van der Waals surface area contributed by atoms with Gasteiger partial charge in [0.2, 0.25) is 0 Å². The third-order valence-corrected chi connectivity index (χ3v) is 7.57. The van der Waals surface area contributed by atoms with Crippen LogP contribution in [0, 0.1) is 11.8 Å². The van der Waals surface area contributed by atoms with E-state index in [1.807, 2.05) is 37.6 Å². The maximum atomic E-state index is 15.5. The number of halogens is 1. The third-order valence-electron chi connectivity index (χ3n) is 7.57. The number of ether oxygens (including phenoxy) is 1. The van der Waals surface area contributed by atoms with E-state index in [9.17, 15) is 9.90 Å². The van der Waals surface area contributed by atoms with Crippen molar-refractivity contribution in [3.63, 3.8) is 0 Å². The van der Waals surface area contributed by atoms with E-state index in [2.05, 4.69) is 19.4 Å². The number of pyridine rings is 1. The Bertz CT molecular complexity index is 1150. The number of aromatic nitrogens is 3. The monoisotopic (exact) mass is 496 g/mol. The van der Waals surface area contributed by atoms with E-state index in [0.29, 0.717) is 24.2 Å². The SMILES string of the molecule is COc1ccc2nccc(C(F)CC[C@@H]3CCN(CCCCc4nccn4C)C[C@@H]3CC(=O)O)c2c1. The molecular weight excluding hydrogens is 459 g/mol. The Morgan fingerprint density at radius 1 is 1.22 bits per heavy atom. The molecule has 2 aromatic heterocycles. The summed E-state index contributed by atoms with van der Waals surface area (Å²) in [5, 5.41) is 10.3. The Morgan fingerprint density at radius 3 is 2.83 bits per heavy atom. The molecule has 0 bridgehead atoms. The first kappa shape index (κ1) is 26.1. The molecule has 0 aliphatic carbocycles. The first-order valence-electron chi connectivity index (χ1n) is 12.9. The summed E-state index contributed by atoms with van der Waals surface area (Å²) in [6.45, 7) is 2.67. The molecular formula is C28H37FN4O3. The second-order valence-corrected chi connectivity index (χ2v) is 9.95. The number of carbonyl (C=O) groups is 1. The number of hydrogen-bond acceptors (Lipinski definition) is 5. The number of likely N-dealkylation sites (tertiary alicyclic amines) is 1. The minimum Gasteiger partial charge on any atom is -0.497 e. The summed E-state index contributed by atoms with van der Waals surface area (Å²) in [5.74, 6) is 1.26. The van der Waals surface area contributed by atoms with Gasteiger partial charge < -0.3 is 19.3 Å². The van der Waals surface area contributed by atoms with E-state index >= 15 is 4.39 Å². The molecule has 1 aliphatic rings. The number of carboxylic acids is 1. The van der Waals surface area contributed by atoms with E-state index in [4.69, 9.17) is 4.74 Å². The summed E-state index contributed by atoms with van der Waals surface area (Å²) in [4.78, 5) is 22.7. The fourth-order valence-corrected chi connectivity index (χ4v) is 5.51. The number of unbranched alkanes of at least 4 members (excludes halogenated alkanes) is 1. The molecule has 3 aromatic rings. The number of aryl methyl sites for hydroxylation is 2. The number of imidazole rings is 1. The topological polar surface area (TPSA) is 80.5 Å². The molecule has 194 valence electrons. The minimum atomic E-state index is -1.13. The minimum absolute atomic E-state index is 0.0484. The number of alkyl halides is 1. The number of fused-ring (bicyclic) bond motifs is 1. The lowest BCUT2D eigenvalue weighted by molar-refractivity contribution is -0.139. The second-order valence-electron chi connectivity index (χ2n) is 9.95. The lowest BCUT2D eigenvalue weighted by Crippen LogP contribution is -2.41. The van der Waals surface area contributed by atoms with Crippen LogP contribution < -0.4 is 4.74 Å². The maximum absolute atomic E-state index is 15.5. The quantitative estimate of drug-likeness (QED) is 0.347. The molecule has 0 spiro atoms. The number of rotatable bonds is 12. The van der Waals surface area contributed by atoms with Crippen molar-refractivity contribution in [1.82, 2.24) is 19.4 Å². The molecule has 0 saturated carbocycles. The molecule has 1 saturated heterocycles. The van der Waals surface area contributed by atoms with Crippen molar-refractivity contribution in [3.05, 3.63) is 54.2 Å². The third kappa shape index (κ3) is 6.60. The van der Waals surface area contributed by atoms with Crippen LogP contribution >= 0.6 is 0 Å². The van der Waals surface area contributed by atoms with Gasteiger partial charge in [0.1, 0.15) is 17.7 Å². The van der Waals surface area contributed by atoms with Crippen molar-refractivity contribution < 1.29 is 19.0 Å². The maximum Gasteiger partial charge on any atom is 0.303 e. The average molecular weight is 497 g/mol. The number of benzene rings is 1. The standard InChI is InChI=1S/C28H37FN4O3/c1-32-16-13-31-27(32)5-3-4-14-33-15-11-20(21(19-33)17-28(34)35)6-8-25(29)23-10-12-30-26-9-7-22(36-2)18-24(23)26/h7,9-10,12-13,16,18,20-21,25H,3-6,8,11,14-15,17,19H2,1-2H3,(H,34,35)/t20-,21+,25?/m1/s1. The van der Waals surface area contributed by atoms with Crippen LogP contribution in [0.1, 0.15) is 56.1 Å². The summed E-state index contributed by atoms with van der Waals surface area (Å²) < 4.78 is 22.8. The highest BCUT2D eigenvalue weighted by molar-refractivity contribution is 5.83. The molecule has 1 N–H and O–H groups in total. The molecule has 1 fully saturated rings. The Hall–Kier alpha value is -3.00. The van der Waals surface area contributed by atoms with Crippen LogP contribution in [0.25, 0.3) is 10.9 Å². The van der Waals surface area contributed by atoms with Crippen LogP contribution in [0.3, 0.4) is 0 Å². The molecule has 4 rings (SSSR count). The van der Waals surface area contributed by atoms with Crippen LogP contribution in [0.4, 0.5) is 4.39 Å². The van der Waals surface area contributed by atoms with Crippen molar-refractivity contribution in [2.75, 3.05) is 26.7 Å². The molecule has 1 aromatic carbocycles. The van der Waals surface area contributed by atoms with Crippen LogP contribution in [-0.2, 0) is 18.3 Å². The predicted octanol–water partition coefficient (Wildman–Crippen LogP) is 5.20. The molecule has 1 aliphatic heterocycles.